The van der Waals surface area contributed by atoms with E-state index in [1.54, 1.807) is 12.1 Å². The number of halogens is 2. The number of hydrogen-bond donors (Lipinski definition) is 0. The third kappa shape index (κ3) is 4.24. The van der Waals surface area contributed by atoms with Gasteiger partial charge in [0, 0.05) is 4.47 Å². The van der Waals surface area contributed by atoms with Crippen LogP contribution in [0.2, 0.25) is 0 Å². The van der Waals surface area contributed by atoms with Crippen molar-refractivity contribution >= 4 is 44.1 Å². The molecule has 1 aromatic rings. The van der Waals surface area contributed by atoms with Gasteiger partial charge in [0.2, 0.25) is 0 Å². The van der Waals surface area contributed by atoms with E-state index in [0.717, 1.165) is 10.9 Å². The van der Waals surface area contributed by atoms with E-state index in [2.05, 4.69) is 31.9 Å². The molecule has 0 amide bonds. The molecule has 0 saturated carbocycles. The molecule has 1 radical (unpaired) electrons. The molecular formula is C12H11Br2O3. The molecule has 0 heterocycles. The van der Waals surface area contributed by atoms with E-state index < -0.39 is 5.97 Å². The number of carbonyl (C=O) groups is 2. The first-order valence-electron chi connectivity index (χ1n) is 5.07. The normalized spacial score (nSPS) is 10.1. The summed E-state index contributed by atoms with van der Waals surface area (Å²) in [5.41, 5.74) is 0.324. The molecule has 0 aliphatic carbocycles. The van der Waals surface area contributed by atoms with Gasteiger partial charge in [-0.05, 0) is 34.5 Å². The topological polar surface area (TPSA) is 43.4 Å². The van der Waals surface area contributed by atoms with Gasteiger partial charge in [-0.1, -0.05) is 29.3 Å². The van der Waals surface area contributed by atoms with Gasteiger partial charge in [-0.25, -0.2) is 0 Å². The number of hydrogen-bond acceptors (Lipinski definition) is 3. The molecule has 0 fully saturated rings. The summed E-state index contributed by atoms with van der Waals surface area (Å²) in [5, 5.41) is 0. The van der Waals surface area contributed by atoms with Gasteiger partial charge in [0.25, 0.3) is 0 Å². The van der Waals surface area contributed by atoms with Crippen LogP contribution in [0.5, 0.6) is 5.75 Å². The zero-order valence-electron chi connectivity index (χ0n) is 9.20. The van der Waals surface area contributed by atoms with E-state index in [1.165, 1.54) is 6.42 Å². The van der Waals surface area contributed by atoms with Gasteiger partial charge in [0.1, 0.15) is 0 Å². The number of carbonyl (C=O) groups excluding carboxylic acids is 2. The smallest absolute Gasteiger partial charge is 0.315 e. The predicted molar refractivity (Wildman–Crippen MR) is 72.1 cm³/mol. The van der Waals surface area contributed by atoms with Crippen LogP contribution in [-0.2, 0) is 4.79 Å². The standard InChI is InChI=1S/C12H11Br2O3/c1-2-3-4-11(16)17-12-8(7-15)5-9(13)6-10(12)14/h4-7H,2-3H2,1H3. The fourth-order valence-corrected chi connectivity index (χ4v) is 2.52. The first-order chi connectivity index (χ1) is 8.08. The molecule has 5 heteroatoms. The van der Waals surface area contributed by atoms with Gasteiger partial charge >= 0.3 is 5.97 Å². The van der Waals surface area contributed by atoms with Crippen molar-refractivity contribution in [2.45, 2.75) is 19.8 Å². The van der Waals surface area contributed by atoms with E-state index in [1.807, 2.05) is 6.92 Å². The van der Waals surface area contributed by atoms with Crippen molar-refractivity contribution in [2.24, 2.45) is 0 Å². The molecule has 1 aromatic carbocycles. The SMILES string of the molecule is CCC[CH]C(=O)Oc1c(Br)cc(Br)cc1C=O. The van der Waals surface area contributed by atoms with Crippen molar-refractivity contribution < 1.29 is 14.3 Å². The minimum absolute atomic E-state index is 0.251. The third-order valence-corrected chi connectivity index (χ3v) is 3.01. The fourth-order valence-electron chi connectivity index (χ4n) is 1.18. The van der Waals surface area contributed by atoms with Crippen LogP contribution in [0, 0.1) is 6.42 Å². The number of esters is 1. The molecular weight excluding hydrogens is 352 g/mol. The maximum atomic E-state index is 11.5. The molecule has 0 N–H and O–H groups in total. The summed E-state index contributed by atoms with van der Waals surface area (Å²) in [6.07, 6.45) is 3.64. The van der Waals surface area contributed by atoms with Gasteiger partial charge in [-0.15, -0.1) is 0 Å². The Morgan fingerprint density at radius 2 is 2.12 bits per heavy atom. The third-order valence-electron chi connectivity index (χ3n) is 1.97. The summed E-state index contributed by atoms with van der Waals surface area (Å²) >= 11 is 6.51. The molecule has 0 aromatic heterocycles. The lowest BCUT2D eigenvalue weighted by molar-refractivity contribution is -0.130. The lowest BCUT2D eigenvalue weighted by Gasteiger charge is -2.09. The largest absolute Gasteiger partial charge is 0.424 e. The van der Waals surface area contributed by atoms with Crippen molar-refractivity contribution in [2.75, 3.05) is 0 Å². The predicted octanol–water partition coefficient (Wildman–Crippen LogP) is 3.93. The Labute approximate surface area is 117 Å². The maximum Gasteiger partial charge on any atom is 0.315 e. The monoisotopic (exact) mass is 361 g/mol. The van der Waals surface area contributed by atoms with Crippen LogP contribution in [0.1, 0.15) is 30.1 Å². The van der Waals surface area contributed by atoms with Gasteiger partial charge < -0.3 is 4.74 Å². The Kier molecular flexibility index (Phi) is 5.85. The van der Waals surface area contributed by atoms with Crippen LogP contribution in [0.4, 0.5) is 0 Å². The van der Waals surface area contributed by atoms with Crippen LogP contribution in [-0.4, -0.2) is 12.3 Å². The molecule has 0 atom stereocenters. The first kappa shape index (κ1) is 14.4. The Bertz CT molecular complexity index is 430. The number of aldehydes is 1. The van der Waals surface area contributed by atoms with E-state index in [-0.39, 0.29) is 5.75 Å². The molecule has 0 bridgehead atoms. The highest BCUT2D eigenvalue weighted by Gasteiger charge is 2.13. The lowest BCUT2D eigenvalue weighted by Crippen LogP contribution is -2.10. The van der Waals surface area contributed by atoms with Gasteiger partial charge in [0.15, 0.2) is 12.0 Å². The zero-order chi connectivity index (χ0) is 12.8. The summed E-state index contributed by atoms with van der Waals surface area (Å²) in [5.74, 6) is -0.196. The van der Waals surface area contributed by atoms with Crippen LogP contribution < -0.4 is 4.74 Å². The van der Waals surface area contributed by atoms with E-state index in [9.17, 15) is 9.59 Å². The Morgan fingerprint density at radius 3 is 2.71 bits per heavy atom. The van der Waals surface area contributed by atoms with Crippen molar-refractivity contribution in [3.8, 4) is 5.75 Å². The summed E-state index contributed by atoms with van der Waals surface area (Å²) < 4.78 is 6.43. The highest BCUT2D eigenvalue weighted by atomic mass is 79.9. The minimum Gasteiger partial charge on any atom is -0.424 e. The average molecular weight is 363 g/mol. The summed E-state index contributed by atoms with van der Waals surface area (Å²) in [7, 11) is 0. The quantitative estimate of drug-likeness (QED) is 0.452. The van der Waals surface area contributed by atoms with E-state index >= 15 is 0 Å². The molecule has 0 spiro atoms. The molecule has 3 nitrogen and oxygen atoms in total. The summed E-state index contributed by atoms with van der Waals surface area (Å²) in [6.45, 7) is 1.97. The Morgan fingerprint density at radius 1 is 1.41 bits per heavy atom. The second-order valence-electron chi connectivity index (χ2n) is 3.34. The number of benzene rings is 1. The van der Waals surface area contributed by atoms with Gasteiger partial charge in [0.05, 0.1) is 16.5 Å². The van der Waals surface area contributed by atoms with Gasteiger partial charge in [-0.3, -0.25) is 9.59 Å². The van der Waals surface area contributed by atoms with Crippen molar-refractivity contribution in [1.29, 1.82) is 0 Å². The van der Waals surface area contributed by atoms with E-state index in [0.29, 0.717) is 22.7 Å². The first-order valence-corrected chi connectivity index (χ1v) is 6.66. The summed E-state index contributed by atoms with van der Waals surface area (Å²) in [4.78, 5) is 22.3. The molecule has 91 valence electrons. The lowest BCUT2D eigenvalue weighted by atomic mass is 10.2. The number of ether oxygens (including phenoxy) is 1. The van der Waals surface area contributed by atoms with Gasteiger partial charge in [-0.2, -0.15) is 0 Å². The summed E-state index contributed by atoms with van der Waals surface area (Å²) in [6, 6.07) is 3.32. The highest BCUT2D eigenvalue weighted by molar-refractivity contribution is 9.11. The maximum absolute atomic E-state index is 11.5. The minimum atomic E-state index is -0.446. The molecule has 17 heavy (non-hydrogen) atoms. The Balaban J connectivity index is 2.89. The Hall–Kier alpha value is -0.680. The second kappa shape index (κ2) is 6.91. The van der Waals surface area contributed by atoms with Crippen molar-refractivity contribution in [3.05, 3.63) is 33.1 Å². The van der Waals surface area contributed by atoms with Crippen molar-refractivity contribution in [3.63, 3.8) is 0 Å². The van der Waals surface area contributed by atoms with Crippen LogP contribution >= 0.6 is 31.9 Å². The average Bonchev–Trinajstić information content (AvgIpc) is 2.29. The van der Waals surface area contributed by atoms with Crippen LogP contribution in [0.25, 0.3) is 0 Å². The van der Waals surface area contributed by atoms with E-state index in [4.69, 9.17) is 4.74 Å². The molecule has 1 rings (SSSR count). The molecule has 0 unspecified atom stereocenters. The number of rotatable bonds is 5. The van der Waals surface area contributed by atoms with Crippen molar-refractivity contribution in [1.82, 2.24) is 0 Å². The number of unbranched alkanes of at least 4 members (excludes halogenated alkanes) is 1. The fraction of sp³-hybridized carbons (Fsp3) is 0.250. The van der Waals surface area contributed by atoms with Crippen LogP contribution in [0.3, 0.4) is 0 Å². The zero-order valence-corrected chi connectivity index (χ0v) is 12.4. The molecule has 0 aliphatic heterocycles. The molecule has 0 saturated heterocycles. The second-order valence-corrected chi connectivity index (χ2v) is 5.11. The molecule has 0 aliphatic rings. The highest BCUT2D eigenvalue weighted by Crippen LogP contribution is 2.32. The van der Waals surface area contributed by atoms with Crippen LogP contribution in [0.15, 0.2) is 21.1 Å².